The van der Waals surface area contributed by atoms with Crippen molar-refractivity contribution in [2.45, 2.75) is 25.8 Å². The number of nitrogens with one attached hydrogen (secondary N) is 1. The smallest absolute Gasteiger partial charge is 0.238 e. The van der Waals surface area contributed by atoms with E-state index in [1.54, 1.807) is 6.92 Å². The fourth-order valence-electron chi connectivity index (χ4n) is 0.805. The summed E-state index contributed by atoms with van der Waals surface area (Å²) in [5.41, 5.74) is 1.65. The minimum Gasteiger partial charge on any atom is -0.364 e. The first kappa shape index (κ1) is 10.1. The number of aromatic nitrogens is 1. The molecule has 4 nitrogen and oxygen atoms in total. The summed E-state index contributed by atoms with van der Waals surface area (Å²) in [6.07, 6.45) is 1.51. The lowest BCUT2D eigenvalue weighted by Crippen LogP contribution is -2.29. The molecule has 0 saturated heterocycles. The van der Waals surface area contributed by atoms with Gasteiger partial charge < -0.3 is 9.84 Å². The van der Waals surface area contributed by atoms with Crippen LogP contribution in [0.25, 0.3) is 0 Å². The van der Waals surface area contributed by atoms with Crippen LogP contribution in [0.1, 0.15) is 18.2 Å². The van der Waals surface area contributed by atoms with Gasteiger partial charge in [-0.2, -0.15) is 0 Å². The molecule has 0 fully saturated rings. The Morgan fingerprint density at radius 2 is 2.54 bits per heavy atom. The zero-order valence-electron chi connectivity index (χ0n) is 7.50. The van der Waals surface area contributed by atoms with E-state index in [0.29, 0.717) is 6.54 Å². The van der Waals surface area contributed by atoms with E-state index in [1.165, 1.54) is 6.26 Å². The molecule has 0 radical (unpaired) electrons. The van der Waals surface area contributed by atoms with Crippen LogP contribution in [-0.4, -0.2) is 16.4 Å². The summed E-state index contributed by atoms with van der Waals surface area (Å²) in [6.45, 7) is 3.84. The van der Waals surface area contributed by atoms with Crippen LogP contribution >= 0.6 is 11.6 Å². The molecule has 0 aliphatic heterocycles. The molecule has 1 N–H and O–H groups in total. The van der Waals surface area contributed by atoms with E-state index in [-0.39, 0.29) is 5.91 Å². The van der Waals surface area contributed by atoms with Gasteiger partial charge in [0.05, 0.1) is 5.69 Å². The van der Waals surface area contributed by atoms with Crippen LogP contribution in [0.4, 0.5) is 0 Å². The predicted octanol–water partition coefficient (Wildman–Crippen LogP) is 1.23. The summed E-state index contributed by atoms with van der Waals surface area (Å²) in [4.78, 5) is 11.1. The van der Waals surface area contributed by atoms with Gasteiger partial charge >= 0.3 is 0 Å². The average molecular weight is 203 g/mol. The molecule has 72 valence electrons. The predicted molar refractivity (Wildman–Crippen MR) is 48.4 cm³/mol. The average Bonchev–Trinajstić information content (AvgIpc) is 2.47. The van der Waals surface area contributed by atoms with Gasteiger partial charge in [0, 0.05) is 12.1 Å². The Morgan fingerprint density at radius 1 is 1.85 bits per heavy atom. The Morgan fingerprint density at radius 3 is 3.00 bits per heavy atom. The summed E-state index contributed by atoms with van der Waals surface area (Å²) in [6, 6.07) is 0. The third-order valence-electron chi connectivity index (χ3n) is 1.66. The van der Waals surface area contributed by atoms with Crippen molar-refractivity contribution in [3.63, 3.8) is 0 Å². The second-order valence-corrected chi connectivity index (χ2v) is 3.41. The molecule has 5 heteroatoms. The number of rotatable bonds is 3. The van der Waals surface area contributed by atoms with Crippen LogP contribution in [0.5, 0.6) is 0 Å². The molecule has 1 atom stereocenters. The maximum atomic E-state index is 11.1. The van der Waals surface area contributed by atoms with Gasteiger partial charge in [0.1, 0.15) is 11.6 Å². The number of alkyl halides is 1. The Kier molecular flexibility index (Phi) is 3.31. The van der Waals surface area contributed by atoms with E-state index < -0.39 is 5.38 Å². The van der Waals surface area contributed by atoms with E-state index in [1.807, 2.05) is 6.92 Å². The Balaban J connectivity index is 2.44. The molecule has 0 aliphatic rings. The van der Waals surface area contributed by atoms with E-state index in [2.05, 4.69) is 10.5 Å². The Hall–Kier alpha value is -1.03. The number of halogens is 1. The van der Waals surface area contributed by atoms with E-state index >= 15 is 0 Å². The molecule has 1 aromatic heterocycles. The molecule has 0 spiro atoms. The number of nitrogens with zero attached hydrogens (tertiary/aromatic N) is 1. The number of aryl methyl sites for hydroxylation is 1. The molecule has 1 amide bonds. The summed E-state index contributed by atoms with van der Waals surface area (Å²) in [5, 5.41) is 5.82. The minimum absolute atomic E-state index is 0.192. The van der Waals surface area contributed by atoms with Gasteiger partial charge in [0.15, 0.2) is 0 Å². The van der Waals surface area contributed by atoms with Crippen molar-refractivity contribution in [2.24, 2.45) is 0 Å². The normalized spacial score (nSPS) is 12.5. The van der Waals surface area contributed by atoms with Crippen molar-refractivity contribution >= 4 is 17.5 Å². The van der Waals surface area contributed by atoms with Gasteiger partial charge in [-0.3, -0.25) is 4.79 Å². The number of amides is 1. The fourth-order valence-corrected chi connectivity index (χ4v) is 0.883. The summed E-state index contributed by atoms with van der Waals surface area (Å²) in [5.74, 6) is -0.192. The molecule has 1 heterocycles. The third-order valence-corrected chi connectivity index (χ3v) is 1.86. The first-order valence-electron chi connectivity index (χ1n) is 3.93. The lowest BCUT2D eigenvalue weighted by Gasteiger charge is -2.04. The molecule has 0 bridgehead atoms. The molecular formula is C8H11ClN2O2. The number of hydrogen-bond acceptors (Lipinski definition) is 3. The summed E-state index contributed by atoms with van der Waals surface area (Å²) >= 11 is 5.56. The number of hydrogen-bond donors (Lipinski definition) is 1. The first-order valence-corrected chi connectivity index (χ1v) is 4.36. The highest BCUT2D eigenvalue weighted by atomic mass is 35.5. The lowest BCUT2D eigenvalue weighted by molar-refractivity contribution is -0.120. The van der Waals surface area contributed by atoms with Gasteiger partial charge in [-0.25, -0.2) is 0 Å². The highest BCUT2D eigenvalue weighted by Gasteiger charge is 2.09. The summed E-state index contributed by atoms with van der Waals surface area (Å²) in [7, 11) is 0. The van der Waals surface area contributed by atoms with Crippen LogP contribution in [0.15, 0.2) is 10.8 Å². The van der Waals surface area contributed by atoms with Crippen molar-refractivity contribution in [3.05, 3.63) is 17.5 Å². The highest BCUT2D eigenvalue weighted by Crippen LogP contribution is 2.04. The van der Waals surface area contributed by atoms with Crippen molar-refractivity contribution in [2.75, 3.05) is 0 Å². The van der Waals surface area contributed by atoms with E-state index in [4.69, 9.17) is 16.1 Å². The van der Waals surface area contributed by atoms with Crippen LogP contribution in [-0.2, 0) is 11.3 Å². The Bertz CT molecular complexity index is 296. The van der Waals surface area contributed by atoms with Crippen molar-refractivity contribution in [3.8, 4) is 0 Å². The molecule has 1 aromatic rings. The molecule has 1 unspecified atom stereocenters. The third kappa shape index (κ3) is 2.73. The van der Waals surface area contributed by atoms with Gasteiger partial charge in [-0.15, -0.1) is 11.6 Å². The van der Waals surface area contributed by atoms with Crippen LogP contribution in [0.2, 0.25) is 0 Å². The van der Waals surface area contributed by atoms with Crippen LogP contribution in [0, 0.1) is 6.92 Å². The topological polar surface area (TPSA) is 55.1 Å². The van der Waals surface area contributed by atoms with Gasteiger partial charge in [-0.05, 0) is 13.8 Å². The zero-order valence-corrected chi connectivity index (χ0v) is 8.26. The molecule has 13 heavy (non-hydrogen) atoms. The quantitative estimate of drug-likeness (QED) is 0.750. The molecular weight excluding hydrogens is 192 g/mol. The van der Waals surface area contributed by atoms with Gasteiger partial charge in [-0.1, -0.05) is 5.16 Å². The molecule has 0 aliphatic carbocycles. The first-order chi connectivity index (χ1) is 6.11. The molecule has 0 saturated carbocycles. The van der Waals surface area contributed by atoms with Gasteiger partial charge in [0.2, 0.25) is 5.91 Å². The maximum absolute atomic E-state index is 11.1. The largest absolute Gasteiger partial charge is 0.364 e. The highest BCUT2D eigenvalue weighted by molar-refractivity contribution is 6.30. The van der Waals surface area contributed by atoms with E-state index in [0.717, 1.165) is 11.3 Å². The van der Waals surface area contributed by atoms with Crippen molar-refractivity contribution in [1.29, 1.82) is 0 Å². The van der Waals surface area contributed by atoms with Crippen LogP contribution < -0.4 is 5.32 Å². The second kappa shape index (κ2) is 4.28. The number of carbonyl (C=O) groups excluding carboxylic acids is 1. The minimum atomic E-state index is -0.514. The van der Waals surface area contributed by atoms with Crippen LogP contribution in [0.3, 0.4) is 0 Å². The Labute approximate surface area is 81.2 Å². The lowest BCUT2D eigenvalue weighted by atomic mass is 10.2. The fraction of sp³-hybridized carbons (Fsp3) is 0.500. The molecule has 1 rings (SSSR count). The SMILES string of the molecule is Cc1nocc1CNC(=O)C(C)Cl. The summed E-state index contributed by atoms with van der Waals surface area (Å²) < 4.78 is 4.70. The zero-order chi connectivity index (χ0) is 9.84. The standard InChI is InChI=1S/C8H11ClN2O2/c1-5(9)8(12)10-3-7-4-13-11-6(7)2/h4-5H,3H2,1-2H3,(H,10,12). The second-order valence-electron chi connectivity index (χ2n) is 2.76. The van der Waals surface area contributed by atoms with E-state index in [9.17, 15) is 4.79 Å². The number of carbonyl (C=O) groups is 1. The molecule has 0 aromatic carbocycles. The van der Waals surface area contributed by atoms with Gasteiger partial charge in [0.25, 0.3) is 0 Å². The maximum Gasteiger partial charge on any atom is 0.238 e. The van der Waals surface area contributed by atoms with Crippen molar-refractivity contribution < 1.29 is 9.32 Å². The van der Waals surface area contributed by atoms with Crippen molar-refractivity contribution in [1.82, 2.24) is 10.5 Å². The monoisotopic (exact) mass is 202 g/mol.